The zero-order valence-corrected chi connectivity index (χ0v) is 11.3. The smallest absolute Gasteiger partial charge is 0.337 e. The number of fused-ring (bicyclic) bond motifs is 1. The van der Waals surface area contributed by atoms with Crippen LogP contribution in [0, 0.1) is 0 Å². The Balaban J connectivity index is 2.32. The summed E-state index contributed by atoms with van der Waals surface area (Å²) in [5.41, 5.74) is 1.96. The number of rotatable bonds is 3. The normalized spacial score (nSPS) is 16.7. The second-order valence-corrected chi connectivity index (χ2v) is 4.26. The molecule has 0 saturated heterocycles. The third kappa shape index (κ3) is 2.90. The molecule has 0 fully saturated rings. The van der Waals surface area contributed by atoms with Gasteiger partial charge in [0.15, 0.2) is 0 Å². The summed E-state index contributed by atoms with van der Waals surface area (Å²) in [4.78, 5) is 23.3. The Labute approximate surface area is 116 Å². The highest BCUT2D eigenvalue weighted by atomic mass is 16.5. The van der Waals surface area contributed by atoms with Gasteiger partial charge in [-0.2, -0.15) is 0 Å². The number of methoxy groups -OCH3 is 2. The van der Waals surface area contributed by atoms with Crippen LogP contribution in [0.1, 0.15) is 6.42 Å². The van der Waals surface area contributed by atoms with Gasteiger partial charge < -0.3 is 20.1 Å². The lowest BCUT2D eigenvalue weighted by molar-refractivity contribution is -0.140. The van der Waals surface area contributed by atoms with E-state index in [2.05, 4.69) is 15.4 Å². The maximum Gasteiger partial charge on any atom is 0.337 e. The van der Waals surface area contributed by atoms with Crippen LogP contribution < -0.4 is 10.6 Å². The number of esters is 2. The largest absolute Gasteiger partial charge is 0.469 e. The van der Waals surface area contributed by atoms with Gasteiger partial charge in [-0.25, -0.2) is 4.79 Å². The molecule has 1 unspecified atom stereocenters. The third-order valence-corrected chi connectivity index (χ3v) is 3.03. The highest BCUT2D eigenvalue weighted by Crippen LogP contribution is 2.28. The summed E-state index contributed by atoms with van der Waals surface area (Å²) < 4.78 is 9.41. The quantitative estimate of drug-likeness (QED) is 0.815. The molecule has 6 heteroatoms. The molecular formula is C14H16N2O4. The van der Waals surface area contributed by atoms with E-state index in [1.807, 2.05) is 24.3 Å². The van der Waals surface area contributed by atoms with Crippen LogP contribution in [0.4, 0.5) is 11.4 Å². The van der Waals surface area contributed by atoms with Crippen molar-refractivity contribution < 1.29 is 19.1 Å². The van der Waals surface area contributed by atoms with Crippen molar-refractivity contribution in [2.24, 2.45) is 0 Å². The molecule has 0 bridgehead atoms. The van der Waals surface area contributed by atoms with Crippen LogP contribution in [-0.2, 0) is 19.1 Å². The van der Waals surface area contributed by atoms with Crippen molar-refractivity contribution in [1.29, 1.82) is 0 Å². The number of nitrogens with one attached hydrogen (secondary N) is 2. The van der Waals surface area contributed by atoms with Crippen molar-refractivity contribution in [3.63, 3.8) is 0 Å². The predicted octanol–water partition coefficient (Wildman–Crippen LogP) is 1.51. The van der Waals surface area contributed by atoms with E-state index in [1.165, 1.54) is 14.2 Å². The highest BCUT2D eigenvalue weighted by molar-refractivity contribution is 5.93. The zero-order chi connectivity index (χ0) is 14.5. The molecule has 1 heterocycles. The van der Waals surface area contributed by atoms with Crippen molar-refractivity contribution in [3.05, 3.63) is 36.0 Å². The molecule has 0 aromatic heterocycles. The van der Waals surface area contributed by atoms with E-state index >= 15 is 0 Å². The minimum absolute atomic E-state index is 0.0352. The molecule has 0 radical (unpaired) electrons. The van der Waals surface area contributed by atoms with Gasteiger partial charge >= 0.3 is 11.9 Å². The number of carbonyl (C=O) groups excluding carboxylic acids is 2. The van der Waals surface area contributed by atoms with Gasteiger partial charge in [-0.3, -0.25) is 4.79 Å². The average Bonchev–Trinajstić information content (AvgIpc) is 2.65. The minimum Gasteiger partial charge on any atom is -0.469 e. The Kier molecular flexibility index (Phi) is 4.24. The molecule has 0 amide bonds. The van der Waals surface area contributed by atoms with Gasteiger partial charge in [-0.1, -0.05) is 12.1 Å². The van der Waals surface area contributed by atoms with Gasteiger partial charge in [0.05, 0.1) is 43.6 Å². The van der Waals surface area contributed by atoms with Crippen molar-refractivity contribution in [1.82, 2.24) is 0 Å². The molecular weight excluding hydrogens is 260 g/mol. The van der Waals surface area contributed by atoms with Crippen LogP contribution in [0.5, 0.6) is 0 Å². The average molecular weight is 276 g/mol. The molecule has 20 heavy (non-hydrogen) atoms. The van der Waals surface area contributed by atoms with Gasteiger partial charge in [0, 0.05) is 6.20 Å². The maximum absolute atomic E-state index is 11.8. The summed E-state index contributed by atoms with van der Waals surface area (Å²) in [6, 6.07) is 6.96. The Morgan fingerprint density at radius 3 is 2.50 bits per heavy atom. The molecule has 1 aromatic carbocycles. The fraction of sp³-hybridized carbons (Fsp3) is 0.286. The number of para-hydroxylation sites is 2. The van der Waals surface area contributed by atoms with Gasteiger partial charge in [0.25, 0.3) is 0 Å². The summed E-state index contributed by atoms with van der Waals surface area (Å²) in [7, 11) is 2.61. The topological polar surface area (TPSA) is 76.7 Å². The Hall–Kier alpha value is -2.50. The van der Waals surface area contributed by atoms with Gasteiger partial charge in [-0.15, -0.1) is 0 Å². The first-order chi connectivity index (χ1) is 9.65. The van der Waals surface area contributed by atoms with Crippen LogP contribution >= 0.6 is 0 Å². The van der Waals surface area contributed by atoms with Crippen molar-refractivity contribution in [2.75, 3.05) is 24.9 Å². The number of benzene rings is 1. The van der Waals surface area contributed by atoms with E-state index in [0.29, 0.717) is 5.57 Å². The Morgan fingerprint density at radius 2 is 1.85 bits per heavy atom. The second-order valence-electron chi connectivity index (χ2n) is 4.26. The second kappa shape index (κ2) is 6.10. The Morgan fingerprint density at radius 1 is 1.15 bits per heavy atom. The zero-order valence-electron chi connectivity index (χ0n) is 11.3. The van der Waals surface area contributed by atoms with Crippen LogP contribution in [0.15, 0.2) is 36.0 Å². The predicted molar refractivity (Wildman–Crippen MR) is 74.2 cm³/mol. The van der Waals surface area contributed by atoms with E-state index in [1.54, 1.807) is 6.20 Å². The molecule has 1 aromatic rings. The summed E-state index contributed by atoms with van der Waals surface area (Å²) in [6.07, 6.45) is 1.59. The molecule has 0 saturated carbocycles. The van der Waals surface area contributed by atoms with Crippen LogP contribution in [0.2, 0.25) is 0 Å². The SMILES string of the molecule is COC(=O)CC1Nc2ccccc2NC=C1C(=O)OC. The first kappa shape index (κ1) is 13.9. The number of carbonyl (C=O) groups is 2. The van der Waals surface area contributed by atoms with E-state index < -0.39 is 18.0 Å². The Bertz CT molecular complexity index is 554. The fourth-order valence-corrected chi connectivity index (χ4v) is 1.99. The molecule has 1 aliphatic rings. The lowest BCUT2D eigenvalue weighted by Gasteiger charge is -2.18. The maximum atomic E-state index is 11.8. The van der Waals surface area contributed by atoms with Crippen LogP contribution in [-0.4, -0.2) is 32.2 Å². The summed E-state index contributed by atoms with van der Waals surface area (Å²) in [5, 5.41) is 6.19. The number of hydrogen-bond donors (Lipinski definition) is 2. The molecule has 0 aliphatic carbocycles. The van der Waals surface area contributed by atoms with E-state index in [-0.39, 0.29) is 6.42 Å². The first-order valence-electron chi connectivity index (χ1n) is 6.13. The first-order valence-corrected chi connectivity index (χ1v) is 6.13. The van der Waals surface area contributed by atoms with Gasteiger partial charge in [-0.05, 0) is 12.1 Å². The molecule has 2 rings (SSSR count). The van der Waals surface area contributed by atoms with Gasteiger partial charge in [0.1, 0.15) is 0 Å². The van der Waals surface area contributed by atoms with Crippen LogP contribution in [0.3, 0.4) is 0 Å². The number of ether oxygens (including phenoxy) is 2. The monoisotopic (exact) mass is 276 g/mol. The van der Waals surface area contributed by atoms with E-state index in [9.17, 15) is 9.59 Å². The summed E-state index contributed by atoms with van der Waals surface area (Å²) in [5.74, 6) is -0.900. The molecule has 1 atom stereocenters. The number of hydrogen-bond acceptors (Lipinski definition) is 6. The fourth-order valence-electron chi connectivity index (χ4n) is 1.99. The lowest BCUT2D eigenvalue weighted by atomic mass is 10.0. The summed E-state index contributed by atoms with van der Waals surface area (Å²) >= 11 is 0. The number of anilines is 2. The van der Waals surface area contributed by atoms with E-state index in [4.69, 9.17) is 4.74 Å². The van der Waals surface area contributed by atoms with Crippen LogP contribution in [0.25, 0.3) is 0 Å². The standard InChI is InChI=1S/C14H16N2O4/c1-19-13(17)7-12-9(14(18)20-2)8-15-10-5-3-4-6-11(10)16-12/h3-6,8,12,15-16H,7H2,1-2H3. The minimum atomic E-state index is -0.508. The highest BCUT2D eigenvalue weighted by Gasteiger charge is 2.27. The van der Waals surface area contributed by atoms with Crippen molar-refractivity contribution in [3.8, 4) is 0 Å². The molecule has 1 aliphatic heterocycles. The summed E-state index contributed by atoms with van der Waals surface area (Å²) in [6.45, 7) is 0. The van der Waals surface area contributed by atoms with Gasteiger partial charge in [0.2, 0.25) is 0 Å². The van der Waals surface area contributed by atoms with Crippen molar-refractivity contribution >= 4 is 23.3 Å². The third-order valence-electron chi connectivity index (χ3n) is 3.03. The molecule has 6 nitrogen and oxygen atoms in total. The molecule has 2 N–H and O–H groups in total. The van der Waals surface area contributed by atoms with Crippen molar-refractivity contribution in [2.45, 2.75) is 12.5 Å². The van der Waals surface area contributed by atoms with E-state index in [0.717, 1.165) is 11.4 Å². The lowest BCUT2D eigenvalue weighted by Crippen LogP contribution is -2.29. The molecule has 106 valence electrons. The molecule has 0 spiro atoms.